The van der Waals surface area contributed by atoms with Crippen LogP contribution in [0.5, 0.6) is 0 Å². The van der Waals surface area contributed by atoms with Crippen LogP contribution < -0.4 is 32.3 Å². The Bertz CT molecular complexity index is 1580. The van der Waals surface area contributed by atoms with Gasteiger partial charge in [-0.05, 0) is 73.6 Å². The van der Waals surface area contributed by atoms with E-state index in [0.29, 0.717) is 36.8 Å². The summed E-state index contributed by atoms with van der Waals surface area (Å²) in [5, 5.41) is 13.9. The number of anilines is 1. The molecule has 13 nitrogen and oxygen atoms in total. The smallest absolute Gasteiger partial charge is 0.341 e. The van der Waals surface area contributed by atoms with Crippen LogP contribution in [0.15, 0.2) is 24.3 Å². The number of nitrogens with two attached hydrogens (primary N) is 1. The molecule has 0 saturated heterocycles. The summed E-state index contributed by atoms with van der Waals surface area (Å²) in [4.78, 5) is 78.9. The Balaban J connectivity index is 2.11. The van der Waals surface area contributed by atoms with Crippen LogP contribution in [0.3, 0.4) is 0 Å². The van der Waals surface area contributed by atoms with E-state index < -0.39 is 65.4 Å². The van der Waals surface area contributed by atoms with E-state index in [1.807, 2.05) is 41.5 Å². The topological polar surface area (TPSA) is 198 Å². The lowest BCUT2D eigenvalue weighted by atomic mass is 9.95. The van der Waals surface area contributed by atoms with E-state index in [0.717, 1.165) is 11.3 Å². The van der Waals surface area contributed by atoms with Crippen molar-refractivity contribution >= 4 is 51.8 Å². The summed E-state index contributed by atoms with van der Waals surface area (Å²) in [7, 11) is 1.19. The molecule has 0 aliphatic heterocycles. The summed E-state index contributed by atoms with van der Waals surface area (Å²) in [5.74, 6) is -3.82. The maximum absolute atomic E-state index is 13.5. The standard InChI is InChI=1S/C38H57FN6O7S/c1-10-26(24-11-13-25(39)14-12-24)32(46)45-37-30(38(51)52-9)23(8)31(53-37)36(50)42-16-15-41-34(48)28(18-21(4)5)44-35(49)29(19-22(6)7)43-33(47)27(40)17-20(2)3/h11-14,20-22,26-29H,10,15-19,40H2,1-9H3,(H,41,48)(H,42,50)(H,43,47)(H,44,49)(H,45,46)/t26?,27-,28-,29-/m0/s1. The van der Waals surface area contributed by atoms with E-state index in [2.05, 4.69) is 26.6 Å². The van der Waals surface area contributed by atoms with Gasteiger partial charge in [0.25, 0.3) is 5.91 Å². The van der Waals surface area contributed by atoms with E-state index in [4.69, 9.17) is 10.5 Å². The molecule has 1 aromatic carbocycles. The SMILES string of the molecule is CCC(C(=O)Nc1sc(C(=O)NCCNC(=O)[C@H](CC(C)C)NC(=O)[C@H](CC(C)C)NC(=O)[C@@H](N)CC(C)C)c(C)c1C(=O)OC)c1ccc(F)cc1. The number of hydrogen-bond acceptors (Lipinski definition) is 9. The molecule has 0 spiro atoms. The average molecular weight is 761 g/mol. The summed E-state index contributed by atoms with van der Waals surface area (Å²) < 4.78 is 18.4. The first-order valence-corrected chi connectivity index (χ1v) is 18.9. The average Bonchev–Trinajstić information content (AvgIpc) is 3.40. The molecule has 0 aliphatic carbocycles. The number of esters is 1. The number of benzene rings is 1. The molecule has 294 valence electrons. The zero-order chi connectivity index (χ0) is 40.0. The van der Waals surface area contributed by atoms with Crippen molar-refractivity contribution in [1.29, 1.82) is 0 Å². The Morgan fingerprint density at radius 3 is 1.83 bits per heavy atom. The largest absolute Gasteiger partial charge is 0.465 e. The summed E-state index contributed by atoms with van der Waals surface area (Å²) in [6.07, 6.45) is 1.55. The molecule has 15 heteroatoms. The van der Waals surface area contributed by atoms with Crippen LogP contribution in [0, 0.1) is 30.5 Å². The van der Waals surface area contributed by atoms with Gasteiger partial charge in [0.15, 0.2) is 0 Å². The summed E-state index contributed by atoms with van der Waals surface area (Å²) in [6.45, 7) is 15.0. The third-order valence-corrected chi connectivity index (χ3v) is 9.63. The lowest BCUT2D eigenvalue weighted by Crippen LogP contribution is -2.56. The minimum Gasteiger partial charge on any atom is -0.465 e. The molecule has 1 heterocycles. The normalized spacial score (nSPS) is 13.5. The second-order valence-corrected chi connectivity index (χ2v) is 15.4. The number of ether oxygens (including phenoxy) is 1. The monoisotopic (exact) mass is 760 g/mol. The van der Waals surface area contributed by atoms with Crippen LogP contribution in [-0.2, 0) is 23.9 Å². The van der Waals surface area contributed by atoms with Crippen molar-refractivity contribution in [3.8, 4) is 0 Å². The predicted octanol–water partition coefficient (Wildman–Crippen LogP) is 4.40. The Morgan fingerprint density at radius 2 is 1.30 bits per heavy atom. The maximum atomic E-state index is 13.5. The molecule has 0 bridgehead atoms. The molecule has 0 radical (unpaired) electrons. The first kappa shape index (κ1) is 44.8. The first-order valence-electron chi connectivity index (χ1n) is 18.1. The fourth-order valence-electron chi connectivity index (χ4n) is 5.77. The highest BCUT2D eigenvalue weighted by molar-refractivity contribution is 7.18. The molecule has 0 fully saturated rings. The van der Waals surface area contributed by atoms with E-state index in [-0.39, 0.29) is 46.3 Å². The summed E-state index contributed by atoms with van der Waals surface area (Å²) in [5.41, 5.74) is 6.99. The molecular formula is C38H57FN6O7S. The molecule has 2 aromatic rings. The van der Waals surface area contributed by atoms with Gasteiger partial charge in [0, 0.05) is 13.1 Å². The first-order chi connectivity index (χ1) is 24.9. The van der Waals surface area contributed by atoms with Gasteiger partial charge in [0.05, 0.1) is 29.5 Å². The number of rotatable bonds is 20. The van der Waals surface area contributed by atoms with Crippen molar-refractivity contribution in [2.45, 2.75) is 105 Å². The van der Waals surface area contributed by atoms with E-state index in [9.17, 15) is 33.2 Å². The van der Waals surface area contributed by atoms with Crippen molar-refractivity contribution in [2.24, 2.45) is 23.5 Å². The number of hydrogen-bond donors (Lipinski definition) is 6. The van der Waals surface area contributed by atoms with Crippen LogP contribution >= 0.6 is 11.3 Å². The molecule has 0 aliphatic rings. The number of nitrogens with one attached hydrogen (secondary N) is 5. The van der Waals surface area contributed by atoms with Crippen LogP contribution in [-0.4, -0.2) is 73.8 Å². The van der Waals surface area contributed by atoms with Gasteiger partial charge < -0.3 is 37.1 Å². The third-order valence-electron chi connectivity index (χ3n) is 8.43. The van der Waals surface area contributed by atoms with Crippen molar-refractivity contribution in [1.82, 2.24) is 21.3 Å². The van der Waals surface area contributed by atoms with E-state index in [1.54, 1.807) is 13.8 Å². The number of thiophene rings is 1. The second kappa shape index (κ2) is 21.4. The van der Waals surface area contributed by atoms with E-state index >= 15 is 0 Å². The van der Waals surface area contributed by atoms with Crippen molar-refractivity contribution < 1.29 is 37.9 Å². The molecule has 1 unspecified atom stereocenters. The second-order valence-electron chi connectivity index (χ2n) is 14.4. The lowest BCUT2D eigenvalue weighted by Gasteiger charge is -2.26. The maximum Gasteiger partial charge on any atom is 0.341 e. The zero-order valence-corrected chi connectivity index (χ0v) is 33.1. The highest BCUT2D eigenvalue weighted by atomic mass is 32.1. The van der Waals surface area contributed by atoms with Crippen molar-refractivity contribution in [2.75, 3.05) is 25.5 Å². The minimum atomic E-state index is -0.899. The quantitative estimate of drug-likeness (QED) is 0.0844. The molecule has 0 saturated carbocycles. The highest BCUT2D eigenvalue weighted by Crippen LogP contribution is 2.35. The van der Waals surface area contributed by atoms with Gasteiger partial charge in [0.1, 0.15) is 22.9 Å². The van der Waals surface area contributed by atoms with Crippen LogP contribution in [0.2, 0.25) is 0 Å². The lowest BCUT2D eigenvalue weighted by molar-refractivity contribution is -0.133. The van der Waals surface area contributed by atoms with Crippen LogP contribution in [0.4, 0.5) is 9.39 Å². The van der Waals surface area contributed by atoms with Gasteiger partial charge in [0.2, 0.25) is 23.6 Å². The fraction of sp³-hybridized carbons (Fsp3) is 0.579. The highest BCUT2D eigenvalue weighted by Gasteiger charge is 2.31. The minimum absolute atomic E-state index is 0.0156. The Morgan fingerprint density at radius 1 is 0.774 bits per heavy atom. The van der Waals surface area contributed by atoms with Gasteiger partial charge in [-0.25, -0.2) is 9.18 Å². The Kier molecular flexibility index (Phi) is 18.1. The molecule has 2 rings (SSSR count). The Hall–Kier alpha value is -4.37. The summed E-state index contributed by atoms with van der Waals surface area (Å²) in [6, 6.07) is 3.04. The fourth-order valence-corrected chi connectivity index (χ4v) is 6.88. The van der Waals surface area contributed by atoms with Gasteiger partial charge >= 0.3 is 5.97 Å². The molecule has 5 amide bonds. The number of carbonyl (C=O) groups is 6. The molecule has 1 aromatic heterocycles. The summed E-state index contributed by atoms with van der Waals surface area (Å²) >= 11 is 0.912. The third kappa shape index (κ3) is 13.8. The van der Waals surface area contributed by atoms with Crippen molar-refractivity contribution in [3.63, 3.8) is 0 Å². The van der Waals surface area contributed by atoms with Gasteiger partial charge in [-0.15, -0.1) is 11.3 Å². The van der Waals surface area contributed by atoms with Crippen LogP contribution in [0.1, 0.15) is 111 Å². The number of halogens is 1. The number of carbonyl (C=O) groups excluding carboxylic acids is 6. The number of amides is 5. The van der Waals surface area contributed by atoms with Gasteiger partial charge in [-0.1, -0.05) is 60.6 Å². The molecule has 53 heavy (non-hydrogen) atoms. The van der Waals surface area contributed by atoms with Crippen molar-refractivity contribution in [3.05, 3.63) is 51.7 Å². The molecular weight excluding hydrogens is 704 g/mol. The zero-order valence-electron chi connectivity index (χ0n) is 32.3. The van der Waals surface area contributed by atoms with E-state index in [1.165, 1.54) is 31.4 Å². The number of methoxy groups -OCH3 is 1. The van der Waals surface area contributed by atoms with Crippen LogP contribution in [0.25, 0.3) is 0 Å². The molecule has 4 atom stereocenters. The molecule has 7 N–H and O–H groups in total. The van der Waals surface area contributed by atoms with Gasteiger partial charge in [-0.2, -0.15) is 0 Å². The Labute approximate surface area is 316 Å². The predicted molar refractivity (Wildman–Crippen MR) is 204 cm³/mol. The van der Waals surface area contributed by atoms with Gasteiger partial charge in [-0.3, -0.25) is 24.0 Å².